The van der Waals surface area contributed by atoms with Crippen LogP contribution < -0.4 is 0 Å². The lowest BCUT2D eigenvalue weighted by Gasteiger charge is -2.47. The number of fused-ring (bicyclic) bond motifs is 1. The lowest BCUT2D eigenvalue weighted by molar-refractivity contribution is -0.209. The predicted octanol–water partition coefficient (Wildman–Crippen LogP) is 1.86. The standard InChI is InChI=1S/C17H26O6/c1-11(8-13(19)20)7-12(18)17-14(2,3)9-16(21-5-6-22-16)10-15(17,4)23-17/h8,12,18H,5-7,9-10H2,1-4H3,(H,19,20)/b11-8+. The van der Waals surface area contributed by atoms with Crippen molar-refractivity contribution in [2.75, 3.05) is 13.2 Å². The number of aliphatic hydroxyl groups is 1. The van der Waals surface area contributed by atoms with Crippen LogP contribution in [0.3, 0.4) is 0 Å². The van der Waals surface area contributed by atoms with E-state index in [0.29, 0.717) is 31.6 Å². The minimum absolute atomic E-state index is 0.278. The summed E-state index contributed by atoms with van der Waals surface area (Å²) in [4.78, 5) is 10.8. The fraction of sp³-hybridized carbons (Fsp3) is 0.824. The molecule has 0 aromatic heterocycles. The van der Waals surface area contributed by atoms with E-state index >= 15 is 0 Å². The van der Waals surface area contributed by atoms with E-state index in [4.69, 9.17) is 19.3 Å². The monoisotopic (exact) mass is 326 g/mol. The second-order valence-electron chi connectivity index (χ2n) is 7.96. The van der Waals surface area contributed by atoms with E-state index in [1.54, 1.807) is 6.92 Å². The molecule has 0 bridgehead atoms. The molecule has 23 heavy (non-hydrogen) atoms. The normalized spacial score (nSPS) is 39.1. The zero-order chi connectivity index (χ0) is 17.1. The van der Waals surface area contributed by atoms with Gasteiger partial charge in [-0.3, -0.25) is 0 Å². The third-order valence-electron chi connectivity index (χ3n) is 5.62. The van der Waals surface area contributed by atoms with Crippen molar-refractivity contribution in [2.45, 2.75) is 70.1 Å². The Morgan fingerprint density at radius 1 is 1.22 bits per heavy atom. The molecule has 0 aromatic carbocycles. The van der Waals surface area contributed by atoms with Gasteiger partial charge in [-0.1, -0.05) is 19.4 Å². The summed E-state index contributed by atoms with van der Waals surface area (Å²) in [6.07, 6.45) is 1.88. The number of aliphatic carboxylic acids is 1. The Morgan fingerprint density at radius 2 is 1.83 bits per heavy atom. The number of hydrogen-bond donors (Lipinski definition) is 2. The van der Waals surface area contributed by atoms with Crippen LogP contribution in [0.1, 0.15) is 47.0 Å². The highest BCUT2D eigenvalue weighted by atomic mass is 16.7. The molecule has 2 saturated heterocycles. The first-order valence-electron chi connectivity index (χ1n) is 8.12. The topological polar surface area (TPSA) is 88.5 Å². The van der Waals surface area contributed by atoms with E-state index in [1.165, 1.54) is 0 Å². The number of epoxide rings is 1. The van der Waals surface area contributed by atoms with Crippen molar-refractivity contribution in [1.29, 1.82) is 0 Å². The Kier molecular flexibility index (Phi) is 3.69. The summed E-state index contributed by atoms with van der Waals surface area (Å²) in [7, 11) is 0. The van der Waals surface area contributed by atoms with E-state index in [0.717, 1.165) is 6.08 Å². The van der Waals surface area contributed by atoms with Gasteiger partial charge in [0.2, 0.25) is 0 Å². The molecule has 3 aliphatic rings. The third-order valence-corrected chi connectivity index (χ3v) is 5.62. The summed E-state index contributed by atoms with van der Waals surface area (Å²) in [5.74, 6) is -1.62. The number of carboxylic acid groups (broad SMARTS) is 1. The Labute approximate surface area is 136 Å². The molecule has 2 aliphatic heterocycles. The molecule has 3 atom stereocenters. The second kappa shape index (κ2) is 5.02. The maximum absolute atomic E-state index is 10.8. The molecule has 1 aliphatic carbocycles. The molecule has 130 valence electrons. The van der Waals surface area contributed by atoms with Gasteiger partial charge in [0.1, 0.15) is 11.2 Å². The van der Waals surface area contributed by atoms with Gasteiger partial charge in [0.15, 0.2) is 5.79 Å². The van der Waals surface area contributed by atoms with Crippen molar-refractivity contribution in [3.63, 3.8) is 0 Å². The highest BCUT2D eigenvalue weighted by Gasteiger charge is 2.81. The molecule has 2 N–H and O–H groups in total. The molecule has 3 rings (SSSR count). The summed E-state index contributed by atoms with van der Waals surface area (Å²) in [5.41, 5.74) is -0.953. The summed E-state index contributed by atoms with van der Waals surface area (Å²) < 4.78 is 17.9. The highest BCUT2D eigenvalue weighted by Crippen LogP contribution is 2.70. The van der Waals surface area contributed by atoms with E-state index < -0.39 is 29.1 Å². The van der Waals surface area contributed by atoms with Gasteiger partial charge in [-0.05, 0) is 20.3 Å². The van der Waals surface area contributed by atoms with Crippen LogP contribution in [0.4, 0.5) is 0 Å². The first-order valence-corrected chi connectivity index (χ1v) is 8.12. The van der Waals surface area contributed by atoms with E-state index in [1.807, 2.05) is 6.92 Å². The molecule has 3 unspecified atom stereocenters. The lowest BCUT2D eigenvalue weighted by atomic mass is 9.59. The third kappa shape index (κ3) is 2.43. The van der Waals surface area contributed by atoms with Gasteiger partial charge in [0.05, 0.1) is 19.3 Å². The number of carbonyl (C=O) groups is 1. The Bertz CT molecular complexity index is 547. The maximum atomic E-state index is 10.8. The van der Waals surface area contributed by atoms with Crippen LogP contribution in [0.15, 0.2) is 11.6 Å². The zero-order valence-electron chi connectivity index (χ0n) is 14.2. The SMILES string of the molecule is C/C(=C\C(=O)O)CC(O)C12OC1(C)CC1(CC2(C)C)OCCO1. The van der Waals surface area contributed by atoms with Gasteiger partial charge < -0.3 is 24.4 Å². The first-order chi connectivity index (χ1) is 10.6. The van der Waals surface area contributed by atoms with Crippen molar-refractivity contribution in [2.24, 2.45) is 5.41 Å². The number of carboxylic acids is 1. The Hall–Kier alpha value is -0.950. The van der Waals surface area contributed by atoms with E-state index in [-0.39, 0.29) is 11.8 Å². The van der Waals surface area contributed by atoms with E-state index in [9.17, 15) is 9.90 Å². The molecular formula is C17H26O6. The lowest BCUT2D eigenvalue weighted by Crippen LogP contribution is -2.58. The molecule has 2 heterocycles. The van der Waals surface area contributed by atoms with Crippen molar-refractivity contribution >= 4 is 5.97 Å². The largest absolute Gasteiger partial charge is 0.478 e. The van der Waals surface area contributed by atoms with Gasteiger partial charge >= 0.3 is 5.97 Å². The van der Waals surface area contributed by atoms with Crippen LogP contribution in [0.25, 0.3) is 0 Å². The molecule has 1 spiro atoms. The molecular weight excluding hydrogens is 300 g/mol. The average Bonchev–Trinajstić information content (AvgIpc) is 2.79. The van der Waals surface area contributed by atoms with Gasteiger partial charge in [-0.2, -0.15) is 0 Å². The molecule has 1 saturated carbocycles. The van der Waals surface area contributed by atoms with Crippen LogP contribution >= 0.6 is 0 Å². The molecule has 6 heteroatoms. The quantitative estimate of drug-likeness (QED) is 0.605. The number of ether oxygens (including phenoxy) is 3. The molecule has 0 amide bonds. The zero-order valence-corrected chi connectivity index (χ0v) is 14.2. The minimum atomic E-state index is -0.999. The van der Waals surface area contributed by atoms with Crippen LogP contribution in [0.5, 0.6) is 0 Å². The van der Waals surface area contributed by atoms with Crippen LogP contribution in [-0.4, -0.2) is 52.5 Å². The van der Waals surface area contributed by atoms with Crippen molar-refractivity contribution < 1.29 is 29.2 Å². The summed E-state index contributed by atoms with van der Waals surface area (Å²) >= 11 is 0. The first kappa shape index (κ1) is 16.9. The molecule has 3 fully saturated rings. The second-order valence-corrected chi connectivity index (χ2v) is 7.96. The van der Waals surface area contributed by atoms with Gasteiger partial charge in [0.25, 0.3) is 0 Å². The number of rotatable bonds is 4. The van der Waals surface area contributed by atoms with Crippen LogP contribution in [-0.2, 0) is 19.0 Å². The molecule has 6 nitrogen and oxygen atoms in total. The van der Waals surface area contributed by atoms with Crippen molar-refractivity contribution in [3.05, 3.63) is 11.6 Å². The Morgan fingerprint density at radius 3 is 2.35 bits per heavy atom. The van der Waals surface area contributed by atoms with Crippen molar-refractivity contribution in [3.8, 4) is 0 Å². The van der Waals surface area contributed by atoms with Gasteiger partial charge in [-0.25, -0.2) is 4.79 Å². The van der Waals surface area contributed by atoms with Crippen LogP contribution in [0, 0.1) is 5.41 Å². The average molecular weight is 326 g/mol. The van der Waals surface area contributed by atoms with Crippen molar-refractivity contribution in [1.82, 2.24) is 0 Å². The number of hydrogen-bond acceptors (Lipinski definition) is 5. The summed E-state index contributed by atoms with van der Waals surface area (Å²) in [6.45, 7) is 8.99. The molecule has 0 aromatic rings. The minimum Gasteiger partial charge on any atom is -0.478 e. The van der Waals surface area contributed by atoms with Gasteiger partial charge in [-0.15, -0.1) is 0 Å². The van der Waals surface area contributed by atoms with E-state index in [2.05, 4.69) is 13.8 Å². The highest BCUT2D eigenvalue weighted by molar-refractivity contribution is 5.80. The smallest absolute Gasteiger partial charge is 0.328 e. The summed E-state index contributed by atoms with van der Waals surface area (Å²) in [5, 5.41) is 19.7. The summed E-state index contributed by atoms with van der Waals surface area (Å²) in [6, 6.07) is 0. The fourth-order valence-electron chi connectivity index (χ4n) is 5.02. The predicted molar refractivity (Wildman–Crippen MR) is 81.9 cm³/mol. The van der Waals surface area contributed by atoms with Crippen LogP contribution in [0.2, 0.25) is 0 Å². The van der Waals surface area contributed by atoms with Gasteiger partial charge in [0, 0.05) is 24.3 Å². The Balaban J connectivity index is 1.84. The maximum Gasteiger partial charge on any atom is 0.328 e. The molecule has 0 radical (unpaired) electrons. The number of aliphatic hydroxyl groups excluding tert-OH is 1. The fourth-order valence-corrected chi connectivity index (χ4v) is 5.02.